The molecule has 3 aromatic rings. The smallest absolute Gasteiger partial charge is 0.162 e. The van der Waals surface area contributed by atoms with Gasteiger partial charge < -0.3 is 5.73 Å². The minimum Gasteiger partial charge on any atom is -0.383 e. The number of fused-ring (bicyclic) bond motifs is 3. The van der Waals surface area contributed by atoms with Crippen molar-refractivity contribution in [1.82, 2.24) is 9.97 Å². The fraction of sp³-hybridized carbons (Fsp3) is 0.143. The molecule has 0 unspecified atom stereocenters. The Kier molecular flexibility index (Phi) is 2.01. The van der Waals surface area contributed by atoms with Crippen molar-refractivity contribution in [3.63, 3.8) is 0 Å². The van der Waals surface area contributed by atoms with E-state index in [0.29, 0.717) is 5.82 Å². The van der Waals surface area contributed by atoms with Crippen LogP contribution in [0, 0.1) is 13.8 Å². The third-order valence-corrected chi connectivity index (χ3v) is 3.02. The maximum Gasteiger partial charge on any atom is 0.162 e. The van der Waals surface area contributed by atoms with E-state index in [4.69, 9.17) is 5.73 Å². The number of rotatable bonds is 0. The summed E-state index contributed by atoms with van der Waals surface area (Å²) in [7, 11) is 0. The molecule has 0 bridgehead atoms. The van der Waals surface area contributed by atoms with E-state index in [2.05, 4.69) is 29.0 Å². The molecule has 0 spiro atoms. The Morgan fingerprint density at radius 1 is 1.00 bits per heavy atom. The van der Waals surface area contributed by atoms with Crippen LogP contribution in [0.4, 0.5) is 5.82 Å². The number of pyridine rings is 2. The number of hydrogen-bond acceptors (Lipinski definition) is 3. The van der Waals surface area contributed by atoms with E-state index < -0.39 is 0 Å². The van der Waals surface area contributed by atoms with E-state index in [-0.39, 0.29) is 0 Å². The van der Waals surface area contributed by atoms with Crippen molar-refractivity contribution in [2.24, 2.45) is 0 Å². The highest BCUT2D eigenvalue weighted by molar-refractivity contribution is 6.09. The van der Waals surface area contributed by atoms with Gasteiger partial charge in [0, 0.05) is 16.5 Å². The van der Waals surface area contributed by atoms with E-state index in [9.17, 15) is 0 Å². The van der Waals surface area contributed by atoms with Crippen LogP contribution in [0.15, 0.2) is 30.3 Å². The molecule has 2 N–H and O–H groups in total. The second kappa shape index (κ2) is 3.42. The van der Waals surface area contributed by atoms with E-state index in [0.717, 1.165) is 27.5 Å². The number of benzene rings is 1. The lowest BCUT2D eigenvalue weighted by molar-refractivity contribution is 1.20. The van der Waals surface area contributed by atoms with Gasteiger partial charge in [0.25, 0.3) is 0 Å². The van der Waals surface area contributed by atoms with Gasteiger partial charge in [-0.1, -0.05) is 24.3 Å². The Hall–Kier alpha value is -2.16. The lowest BCUT2D eigenvalue weighted by atomic mass is 10.0. The average Bonchev–Trinajstić information content (AvgIpc) is 2.28. The fourth-order valence-electron chi connectivity index (χ4n) is 2.33. The summed E-state index contributed by atoms with van der Waals surface area (Å²) in [5.74, 6) is 0.547. The van der Waals surface area contributed by atoms with Crippen molar-refractivity contribution in [2.75, 3.05) is 5.73 Å². The first-order valence-electron chi connectivity index (χ1n) is 5.59. The first-order valence-corrected chi connectivity index (χ1v) is 5.59. The van der Waals surface area contributed by atoms with Gasteiger partial charge in [0.15, 0.2) is 5.65 Å². The van der Waals surface area contributed by atoms with Gasteiger partial charge in [-0.05, 0) is 30.9 Å². The molecule has 2 heterocycles. The normalized spacial score (nSPS) is 11.2. The maximum absolute atomic E-state index is 5.97. The molecule has 17 heavy (non-hydrogen) atoms. The summed E-state index contributed by atoms with van der Waals surface area (Å²) in [6.45, 7) is 4.06. The molecule has 0 fully saturated rings. The van der Waals surface area contributed by atoms with Crippen LogP contribution in [0.3, 0.4) is 0 Å². The Balaban J connectivity index is 2.63. The molecule has 0 aliphatic carbocycles. The highest BCUT2D eigenvalue weighted by Gasteiger charge is 2.09. The van der Waals surface area contributed by atoms with Crippen LogP contribution in [0.25, 0.3) is 21.8 Å². The zero-order valence-corrected chi connectivity index (χ0v) is 9.86. The first kappa shape index (κ1) is 10.0. The zero-order valence-electron chi connectivity index (χ0n) is 9.86. The maximum atomic E-state index is 5.97. The van der Waals surface area contributed by atoms with E-state index in [1.165, 1.54) is 5.56 Å². The molecule has 0 radical (unpaired) electrons. The number of aryl methyl sites for hydroxylation is 2. The van der Waals surface area contributed by atoms with Crippen molar-refractivity contribution in [1.29, 1.82) is 0 Å². The molecular weight excluding hydrogens is 210 g/mol. The third-order valence-electron chi connectivity index (χ3n) is 3.02. The van der Waals surface area contributed by atoms with Gasteiger partial charge in [-0.3, -0.25) is 0 Å². The van der Waals surface area contributed by atoms with Gasteiger partial charge in [-0.15, -0.1) is 0 Å². The predicted octanol–water partition coefficient (Wildman–Crippen LogP) is 2.98. The molecule has 0 amide bonds. The summed E-state index contributed by atoms with van der Waals surface area (Å²) in [6, 6.07) is 10.1. The van der Waals surface area contributed by atoms with Gasteiger partial charge >= 0.3 is 0 Å². The topological polar surface area (TPSA) is 51.8 Å². The van der Waals surface area contributed by atoms with E-state index in [1.807, 2.05) is 25.1 Å². The van der Waals surface area contributed by atoms with Gasteiger partial charge in [-0.25, -0.2) is 9.97 Å². The Bertz CT molecular complexity index is 732. The first-order chi connectivity index (χ1) is 8.16. The lowest BCUT2D eigenvalue weighted by Gasteiger charge is -2.08. The van der Waals surface area contributed by atoms with Gasteiger partial charge in [0.1, 0.15) is 5.82 Å². The summed E-state index contributed by atoms with van der Waals surface area (Å²) >= 11 is 0. The van der Waals surface area contributed by atoms with Crippen LogP contribution in [0.1, 0.15) is 11.3 Å². The van der Waals surface area contributed by atoms with Crippen molar-refractivity contribution in [2.45, 2.75) is 13.8 Å². The minimum atomic E-state index is 0.547. The monoisotopic (exact) mass is 223 g/mol. The van der Waals surface area contributed by atoms with Crippen molar-refractivity contribution >= 4 is 27.6 Å². The van der Waals surface area contributed by atoms with Gasteiger partial charge in [0.05, 0.1) is 0 Å². The molecule has 3 heteroatoms. The molecule has 84 valence electrons. The van der Waals surface area contributed by atoms with Crippen molar-refractivity contribution in [3.8, 4) is 0 Å². The standard InChI is InChI=1S/C14H13N3/c1-8-7-9(2)16-14-12(8)10-5-3-4-6-11(10)13(15)17-14/h3-7H,1-2H3,(H2,15,16,17). The Morgan fingerprint density at radius 3 is 2.47 bits per heavy atom. The zero-order chi connectivity index (χ0) is 12.0. The van der Waals surface area contributed by atoms with Crippen LogP contribution < -0.4 is 5.73 Å². The largest absolute Gasteiger partial charge is 0.383 e. The summed E-state index contributed by atoms with van der Waals surface area (Å²) in [4.78, 5) is 8.85. The molecule has 3 rings (SSSR count). The molecule has 1 aromatic carbocycles. The van der Waals surface area contributed by atoms with Crippen LogP contribution >= 0.6 is 0 Å². The van der Waals surface area contributed by atoms with Gasteiger partial charge in [-0.2, -0.15) is 0 Å². The van der Waals surface area contributed by atoms with Crippen LogP contribution in [0.5, 0.6) is 0 Å². The SMILES string of the molecule is Cc1cc(C)c2c(n1)nc(N)c1ccccc12. The highest BCUT2D eigenvalue weighted by Crippen LogP contribution is 2.29. The summed E-state index contributed by atoms with van der Waals surface area (Å²) in [5, 5.41) is 3.22. The second-order valence-electron chi connectivity index (χ2n) is 4.32. The molecule has 0 aliphatic heterocycles. The number of hydrogen-bond donors (Lipinski definition) is 1. The number of nitrogen functional groups attached to an aromatic ring is 1. The molecule has 3 nitrogen and oxygen atoms in total. The average molecular weight is 223 g/mol. The quantitative estimate of drug-likeness (QED) is 0.596. The Labute approximate surface area is 99.3 Å². The fourth-order valence-corrected chi connectivity index (χ4v) is 2.33. The van der Waals surface area contributed by atoms with Crippen LogP contribution in [0.2, 0.25) is 0 Å². The summed E-state index contributed by atoms with van der Waals surface area (Å²) in [5.41, 5.74) is 8.87. The molecule has 0 saturated heterocycles. The number of aromatic nitrogens is 2. The van der Waals surface area contributed by atoms with E-state index in [1.54, 1.807) is 0 Å². The highest BCUT2D eigenvalue weighted by atomic mass is 14.9. The number of nitrogens with two attached hydrogens (primary N) is 1. The summed E-state index contributed by atoms with van der Waals surface area (Å²) in [6.07, 6.45) is 0. The van der Waals surface area contributed by atoms with Crippen LogP contribution in [-0.2, 0) is 0 Å². The third kappa shape index (κ3) is 1.43. The molecular formula is C14H13N3. The summed E-state index contributed by atoms with van der Waals surface area (Å²) < 4.78 is 0. The van der Waals surface area contributed by atoms with Gasteiger partial charge in [0.2, 0.25) is 0 Å². The van der Waals surface area contributed by atoms with Crippen molar-refractivity contribution < 1.29 is 0 Å². The lowest BCUT2D eigenvalue weighted by Crippen LogP contribution is -1.97. The predicted molar refractivity (Wildman–Crippen MR) is 70.9 cm³/mol. The number of nitrogens with zero attached hydrogens (tertiary/aromatic N) is 2. The molecule has 0 aliphatic rings. The molecule has 0 saturated carbocycles. The molecule has 2 aromatic heterocycles. The Morgan fingerprint density at radius 2 is 1.71 bits per heavy atom. The number of anilines is 1. The van der Waals surface area contributed by atoms with E-state index >= 15 is 0 Å². The second-order valence-corrected chi connectivity index (χ2v) is 4.32. The van der Waals surface area contributed by atoms with Crippen molar-refractivity contribution in [3.05, 3.63) is 41.6 Å². The molecule has 0 atom stereocenters. The van der Waals surface area contributed by atoms with Crippen LogP contribution in [-0.4, -0.2) is 9.97 Å². The minimum absolute atomic E-state index is 0.547.